The molecule has 0 aliphatic carbocycles. The number of nitrogens with one attached hydrogen (secondary N) is 1. The number of nitrogens with zero attached hydrogens (tertiary/aromatic N) is 2. The van der Waals surface area contributed by atoms with E-state index in [-0.39, 0.29) is 11.4 Å². The molecule has 2 aromatic rings. The van der Waals surface area contributed by atoms with Crippen molar-refractivity contribution in [3.63, 3.8) is 0 Å². The van der Waals surface area contributed by atoms with Crippen molar-refractivity contribution >= 4 is 44.6 Å². The molecule has 0 aliphatic heterocycles. The predicted octanol–water partition coefficient (Wildman–Crippen LogP) is 3.35. The standard InChI is InChI=1S/C17H18ClN3O5S/c1-11-7-8-15(21(23)24)10-16(11)20(27(3,25)26)12(2)17(22)19-14-6-4-5-13(18)9-14/h4-10,12H,1-3H3,(H,19,22)/t12-/m0/s1. The van der Waals surface area contributed by atoms with E-state index in [0.29, 0.717) is 16.3 Å². The van der Waals surface area contributed by atoms with Crippen LogP contribution in [0.1, 0.15) is 12.5 Å². The monoisotopic (exact) mass is 411 g/mol. The van der Waals surface area contributed by atoms with Crippen molar-refractivity contribution in [2.75, 3.05) is 15.9 Å². The summed E-state index contributed by atoms with van der Waals surface area (Å²) in [4.78, 5) is 23.1. The number of carbonyl (C=O) groups excluding carboxylic acids is 1. The molecule has 0 aromatic heterocycles. The van der Waals surface area contributed by atoms with Crippen LogP contribution in [-0.2, 0) is 14.8 Å². The Kier molecular flexibility index (Phi) is 6.07. The predicted molar refractivity (Wildman–Crippen MR) is 105 cm³/mol. The van der Waals surface area contributed by atoms with Gasteiger partial charge in [0.1, 0.15) is 6.04 Å². The summed E-state index contributed by atoms with van der Waals surface area (Å²) in [6.07, 6.45) is 0.939. The molecule has 0 saturated carbocycles. The number of halogens is 1. The molecule has 0 spiro atoms. The molecular weight excluding hydrogens is 394 g/mol. The minimum atomic E-state index is -3.90. The lowest BCUT2D eigenvalue weighted by Gasteiger charge is -2.29. The first-order valence-corrected chi connectivity index (χ1v) is 10.0. The highest BCUT2D eigenvalue weighted by Crippen LogP contribution is 2.29. The number of non-ortho nitro benzene ring substituents is 1. The Morgan fingerprint density at radius 3 is 2.48 bits per heavy atom. The largest absolute Gasteiger partial charge is 0.324 e. The topological polar surface area (TPSA) is 110 Å². The van der Waals surface area contributed by atoms with Crippen LogP contribution in [0.3, 0.4) is 0 Å². The molecule has 10 heteroatoms. The summed E-state index contributed by atoms with van der Waals surface area (Å²) >= 11 is 5.89. The lowest BCUT2D eigenvalue weighted by Crippen LogP contribution is -2.45. The van der Waals surface area contributed by atoms with Crippen molar-refractivity contribution in [2.45, 2.75) is 19.9 Å². The molecule has 144 valence electrons. The number of hydrogen-bond acceptors (Lipinski definition) is 5. The van der Waals surface area contributed by atoms with E-state index in [1.807, 2.05) is 0 Å². The second-order valence-corrected chi connectivity index (χ2v) is 8.26. The van der Waals surface area contributed by atoms with E-state index in [0.717, 1.165) is 16.6 Å². The van der Waals surface area contributed by atoms with Crippen molar-refractivity contribution in [3.8, 4) is 0 Å². The average Bonchev–Trinajstić information content (AvgIpc) is 2.55. The Bertz CT molecular complexity index is 994. The number of rotatable bonds is 6. The van der Waals surface area contributed by atoms with Gasteiger partial charge in [0.05, 0.1) is 16.9 Å². The van der Waals surface area contributed by atoms with Gasteiger partial charge in [-0.25, -0.2) is 8.42 Å². The van der Waals surface area contributed by atoms with Gasteiger partial charge in [-0.2, -0.15) is 0 Å². The molecule has 1 atom stereocenters. The molecule has 2 rings (SSSR count). The summed E-state index contributed by atoms with van der Waals surface area (Å²) in [5.74, 6) is -0.603. The number of hydrogen-bond donors (Lipinski definition) is 1. The van der Waals surface area contributed by atoms with Gasteiger partial charge in [-0.1, -0.05) is 23.7 Å². The van der Waals surface area contributed by atoms with Crippen molar-refractivity contribution < 1.29 is 18.1 Å². The van der Waals surface area contributed by atoms with Crippen LogP contribution in [0.4, 0.5) is 17.1 Å². The maximum atomic E-state index is 12.6. The summed E-state index contributed by atoms with van der Waals surface area (Å²) in [5.41, 5.74) is 0.684. The molecule has 1 N–H and O–H groups in total. The third-order valence-corrected chi connectivity index (χ3v) is 5.28. The van der Waals surface area contributed by atoms with Crippen LogP contribution in [0.2, 0.25) is 5.02 Å². The number of aryl methyl sites for hydroxylation is 1. The van der Waals surface area contributed by atoms with E-state index in [9.17, 15) is 23.3 Å². The second-order valence-electron chi connectivity index (χ2n) is 5.96. The van der Waals surface area contributed by atoms with Crippen molar-refractivity contribution in [2.24, 2.45) is 0 Å². The zero-order valence-corrected chi connectivity index (χ0v) is 16.4. The first-order chi connectivity index (χ1) is 12.5. The second kappa shape index (κ2) is 7.93. The summed E-state index contributed by atoms with van der Waals surface area (Å²) < 4.78 is 25.6. The van der Waals surface area contributed by atoms with E-state index in [2.05, 4.69) is 5.32 Å². The van der Waals surface area contributed by atoms with Gasteiger partial charge in [-0.15, -0.1) is 0 Å². The molecule has 0 saturated heterocycles. The van der Waals surface area contributed by atoms with Gasteiger partial charge in [0.15, 0.2) is 0 Å². The lowest BCUT2D eigenvalue weighted by molar-refractivity contribution is -0.384. The fourth-order valence-electron chi connectivity index (χ4n) is 2.54. The summed E-state index contributed by atoms with van der Waals surface area (Å²) in [7, 11) is -3.90. The van der Waals surface area contributed by atoms with Gasteiger partial charge in [-0.3, -0.25) is 19.2 Å². The molecule has 0 unspecified atom stereocenters. The lowest BCUT2D eigenvalue weighted by atomic mass is 10.1. The zero-order valence-electron chi connectivity index (χ0n) is 14.8. The van der Waals surface area contributed by atoms with Crippen LogP contribution in [0.25, 0.3) is 0 Å². The van der Waals surface area contributed by atoms with Gasteiger partial charge in [0, 0.05) is 22.8 Å². The first kappa shape index (κ1) is 20.7. The Labute approximate surface area is 162 Å². The highest BCUT2D eigenvalue weighted by Gasteiger charge is 2.31. The van der Waals surface area contributed by atoms with Gasteiger partial charge in [-0.05, 0) is 37.6 Å². The third kappa shape index (κ3) is 4.95. The maximum absolute atomic E-state index is 12.6. The number of anilines is 2. The fourth-order valence-corrected chi connectivity index (χ4v) is 3.96. The SMILES string of the molecule is Cc1ccc([N+](=O)[O-])cc1N([C@@H](C)C(=O)Nc1cccc(Cl)c1)S(C)(=O)=O. The molecule has 0 heterocycles. The van der Waals surface area contributed by atoms with Crippen molar-refractivity contribution in [1.82, 2.24) is 0 Å². The van der Waals surface area contributed by atoms with Gasteiger partial charge in [0.2, 0.25) is 15.9 Å². The number of sulfonamides is 1. The summed E-state index contributed by atoms with van der Waals surface area (Å²) in [5, 5.41) is 14.1. The molecular formula is C17H18ClN3O5S. The van der Waals surface area contributed by atoms with Crippen LogP contribution in [0, 0.1) is 17.0 Å². The van der Waals surface area contributed by atoms with Crippen LogP contribution < -0.4 is 9.62 Å². The normalized spacial score (nSPS) is 12.3. The first-order valence-electron chi connectivity index (χ1n) is 7.81. The van der Waals surface area contributed by atoms with E-state index >= 15 is 0 Å². The van der Waals surface area contributed by atoms with Crippen molar-refractivity contribution in [3.05, 3.63) is 63.2 Å². The molecule has 2 aromatic carbocycles. The Morgan fingerprint density at radius 1 is 1.26 bits per heavy atom. The minimum Gasteiger partial charge on any atom is -0.324 e. The molecule has 1 amide bonds. The van der Waals surface area contributed by atoms with E-state index < -0.39 is 26.9 Å². The molecule has 8 nitrogen and oxygen atoms in total. The number of carbonyl (C=O) groups is 1. The maximum Gasteiger partial charge on any atom is 0.271 e. The highest BCUT2D eigenvalue weighted by atomic mass is 35.5. The van der Waals surface area contributed by atoms with E-state index in [1.165, 1.54) is 25.1 Å². The number of benzene rings is 2. The quantitative estimate of drug-likeness (QED) is 0.579. The third-order valence-electron chi connectivity index (χ3n) is 3.82. The number of amides is 1. The van der Waals surface area contributed by atoms with Crippen LogP contribution in [-0.4, -0.2) is 31.5 Å². The highest BCUT2D eigenvalue weighted by molar-refractivity contribution is 7.92. The Hall–Kier alpha value is -2.65. The van der Waals surface area contributed by atoms with Gasteiger partial charge >= 0.3 is 0 Å². The Morgan fingerprint density at radius 2 is 1.93 bits per heavy atom. The molecule has 0 radical (unpaired) electrons. The molecule has 0 fully saturated rings. The summed E-state index contributed by atoms with van der Waals surface area (Å²) in [6, 6.07) is 9.11. The van der Waals surface area contributed by atoms with Crippen LogP contribution in [0.5, 0.6) is 0 Å². The zero-order chi connectivity index (χ0) is 20.4. The smallest absolute Gasteiger partial charge is 0.271 e. The molecule has 0 bridgehead atoms. The number of nitro groups is 1. The van der Waals surface area contributed by atoms with Gasteiger partial charge in [0.25, 0.3) is 5.69 Å². The van der Waals surface area contributed by atoms with Gasteiger partial charge < -0.3 is 5.32 Å². The fraction of sp³-hybridized carbons (Fsp3) is 0.235. The van der Waals surface area contributed by atoms with E-state index in [4.69, 9.17) is 11.6 Å². The summed E-state index contributed by atoms with van der Waals surface area (Å²) in [6.45, 7) is 3.01. The van der Waals surface area contributed by atoms with Crippen molar-refractivity contribution in [1.29, 1.82) is 0 Å². The number of nitro benzene ring substituents is 1. The van der Waals surface area contributed by atoms with E-state index in [1.54, 1.807) is 25.1 Å². The van der Waals surface area contributed by atoms with Crippen LogP contribution >= 0.6 is 11.6 Å². The average molecular weight is 412 g/mol. The molecule has 0 aliphatic rings. The Balaban J connectivity index is 2.44. The van der Waals surface area contributed by atoms with Crippen LogP contribution in [0.15, 0.2) is 42.5 Å². The molecule has 27 heavy (non-hydrogen) atoms. The minimum absolute atomic E-state index is 0.0699.